The van der Waals surface area contributed by atoms with Gasteiger partial charge in [0.25, 0.3) is 0 Å². The van der Waals surface area contributed by atoms with E-state index in [1.165, 1.54) is 11.8 Å². The number of carbonyl (C=O) groups excluding carboxylic acids is 1. The zero-order chi connectivity index (χ0) is 17.5. The van der Waals surface area contributed by atoms with E-state index in [9.17, 15) is 4.79 Å². The molecule has 0 aromatic heterocycles. The van der Waals surface area contributed by atoms with Crippen LogP contribution < -0.4 is 14.8 Å². The molecule has 0 unspecified atom stereocenters. The monoisotopic (exact) mass is 365 g/mol. The number of hydrogen-bond donors (Lipinski definition) is 1. The minimum atomic E-state index is -0.103. The molecule has 0 fully saturated rings. The van der Waals surface area contributed by atoms with Crippen LogP contribution in [0.5, 0.6) is 11.5 Å². The summed E-state index contributed by atoms with van der Waals surface area (Å²) in [6, 6.07) is 11.2. The number of benzene rings is 2. The summed E-state index contributed by atoms with van der Waals surface area (Å²) < 4.78 is 10.7. The van der Waals surface area contributed by atoms with Crippen molar-refractivity contribution in [3.63, 3.8) is 0 Å². The van der Waals surface area contributed by atoms with Crippen molar-refractivity contribution in [3.8, 4) is 11.5 Å². The van der Waals surface area contributed by atoms with Crippen LogP contribution in [0.25, 0.3) is 0 Å². The minimum absolute atomic E-state index is 0.103. The summed E-state index contributed by atoms with van der Waals surface area (Å²) in [5.74, 6) is 1.57. The number of anilines is 1. The van der Waals surface area contributed by atoms with Gasteiger partial charge in [0.1, 0.15) is 11.5 Å². The van der Waals surface area contributed by atoms with Crippen molar-refractivity contribution in [1.29, 1.82) is 0 Å². The smallest absolute Gasteiger partial charge is 0.234 e. The Bertz CT molecular complexity index is 704. The first-order valence-electron chi connectivity index (χ1n) is 7.53. The maximum atomic E-state index is 12.2. The Labute approximate surface area is 151 Å². The van der Waals surface area contributed by atoms with Gasteiger partial charge < -0.3 is 14.8 Å². The molecule has 2 aromatic carbocycles. The number of nitrogens with one attached hydrogen (secondary N) is 1. The quantitative estimate of drug-likeness (QED) is 0.717. The van der Waals surface area contributed by atoms with E-state index in [0.29, 0.717) is 28.8 Å². The summed E-state index contributed by atoms with van der Waals surface area (Å²) in [4.78, 5) is 13.2. The zero-order valence-electron chi connectivity index (χ0n) is 13.9. The van der Waals surface area contributed by atoms with E-state index in [1.54, 1.807) is 19.2 Å². The molecule has 24 heavy (non-hydrogen) atoms. The van der Waals surface area contributed by atoms with Gasteiger partial charge in [-0.1, -0.05) is 11.6 Å². The average Bonchev–Trinajstić information content (AvgIpc) is 2.57. The lowest BCUT2D eigenvalue weighted by Gasteiger charge is -2.12. The summed E-state index contributed by atoms with van der Waals surface area (Å²) in [5, 5.41) is 3.47. The molecule has 1 amide bonds. The summed E-state index contributed by atoms with van der Waals surface area (Å²) >= 11 is 7.53. The second-order valence-electron chi connectivity index (χ2n) is 5.04. The van der Waals surface area contributed by atoms with Gasteiger partial charge in [0.05, 0.1) is 25.2 Å². The Morgan fingerprint density at radius 1 is 1.25 bits per heavy atom. The SMILES string of the molecule is CCOc1ccc(SCC(=O)Nc2cc(C)c(Cl)cc2OC)cc1. The summed E-state index contributed by atoms with van der Waals surface area (Å²) in [6.45, 7) is 4.46. The standard InChI is InChI=1S/C18H20ClNO3S/c1-4-23-13-5-7-14(8-6-13)24-11-18(21)20-16-9-12(2)15(19)10-17(16)22-3/h5-10H,4,11H2,1-3H3,(H,20,21). The fourth-order valence-corrected chi connectivity index (χ4v) is 2.92. The Balaban J connectivity index is 1.95. The van der Waals surface area contributed by atoms with Crippen LogP contribution in [0.2, 0.25) is 5.02 Å². The van der Waals surface area contributed by atoms with Gasteiger partial charge in [-0.15, -0.1) is 11.8 Å². The highest BCUT2D eigenvalue weighted by atomic mass is 35.5. The largest absolute Gasteiger partial charge is 0.495 e. The van der Waals surface area contributed by atoms with E-state index < -0.39 is 0 Å². The highest BCUT2D eigenvalue weighted by Crippen LogP contribution is 2.31. The van der Waals surface area contributed by atoms with E-state index in [1.807, 2.05) is 38.1 Å². The van der Waals surface area contributed by atoms with Gasteiger partial charge in [0, 0.05) is 16.0 Å². The predicted molar refractivity (Wildman–Crippen MR) is 99.7 cm³/mol. The molecular formula is C18H20ClNO3S. The van der Waals surface area contributed by atoms with Crippen molar-refractivity contribution >= 4 is 35.0 Å². The van der Waals surface area contributed by atoms with Gasteiger partial charge in [-0.2, -0.15) is 0 Å². The first-order chi connectivity index (χ1) is 11.5. The molecule has 0 aliphatic heterocycles. The third-order valence-corrected chi connectivity index (χ3v) is 4.68. The molecule has 0 saturated heterocycles. The first-order valence-corrected chi connectivity index (χ1v) is 8.89. The molecule has 0 atom stereocenters. The average molecular weight is 366 g/mol. The van der Waals surface area contributed by atoms with E-state index in [-0.39, 0.29) is 5.91 Å². The lowest BCUT2D eigenvalue weighted by atomic mass is 10.2. The number of rotatable bonds is 7. The van der Waals surface area contributed by atoms with E-state index in [4.69, 9.17) is 21.1 Å². The van der Waals surface area contributed by atoms with Crippen LogP contribution in [0.15, 0.2) is 41.3 Å². The van der Waals surface area contributed by atoms with Gasteiger partial charge in [-0.25, -0.2) is 0 Å². The normalized spacial score (nSPS) is 10.3. The summed E-state index contributed by atoms with van der Waals surface area (Å²) in [6.07, 6.45) is 0. The molecule has 6 heteroatoms. The molecule has 2 rings (SSSR count). The topological polar surface area (TPSA) is 47.6 Å². The molecule has 2 aromatic rings. The van der Waals surface area contributed by atoms with Gasteiger partial charge in [0.2, 0.25) is 5.91 Å². The Kier molecular flexibility index (Phi) is 6.82. The molecule has 0 heterocycles. The van der Waals surface area contributed by atoms with E-state index in [0.717, 1.165) is 16.2 Å². The fourth-order valence-electron chi connectivity index (χ4n) is 2.06. The Morgan fingerprint density at radius 2 is 1.96 bits per heavy atom. The van der Waals surface area contributed by atoms with E-state index in [2.05, 4.69) is 5.32 Å². The number of carbonyl (C=O) groups is 1. The number of aryl methyl sites for hydroxylation is 1. The van der Waals surface area contributed by atoms with E-state index >= 15 is 0 Å². The Morgan fingerprint density at radius 3 is 2.58 bits per heavy atom. The number of halogens is 1. The molecule has 4 nitrogen and oxygen atoms in total. The first kappa shape index (κ1) is 18.5. The van der Waals surface area contributed by atoms with Crippen LogP contribution in [0.4, 0.5) is 5.69 Å². The molecule has 128 valence electrons. The van der Waals surface area contributed by atoms with Gasteiger partial charge >= 0.3 is 0 Å². The van der Waals surface area contributed by atoms with Crippen molar-refractivity contribution in [3.05, 3.63) is 47.0 Å². The predicted octanol–water partition coefficient (Wildman–Crippen LogP) is 4.79. The molecule has 0 aliphatic carbocycles. The molecule has 0 radical (unpaired) electrons. The van der Waals surface area contributed by atoms with Crippen LogP contribution in [0.1, 0.15) is 12.5 Å². The van der Waals surface area contributed by atoms with Crippen molar-refractivity contribution < 1.29 is 14.3 Å². The second-order valence-corrected chi connectivity index (χ2v) is 6.50. The molecule has 0 saturated carbocycles. The second kappa shape index (κ2) is 8.85. The highest BCUT2D eigenvalue weighted by Gasteiger charge is 2.11. The van der Waals surface area contributed by atoms with Crippen molar-refractivity contribution in [2.45, 2.75) is 18.7 Å². The van der Waals surface area contributed by atoms with Gasteiger partial charge in [-0.3, -0.25) is 4.79 Å². The van der Waals surface area contributed by atoms with Crippen molar-refractivity contribution in [2.75, 3.05) is 24.8 Å². The minimum Gasteiger partial charge on any atom is -0.495 e. The highest BCUT2D eigenvalue weighted by molar-refractivity contribution is 8.00. The van der Waals surface area contributed by atoms with Crippen LogP contribution >= 0.6 is 23.4 Å². The fraction of sp³-hybridized carbons (Fsp3) is 0.278. The third kappa shape index (κ3) is 5.08. The van der Waals surface area contributed by atoms with Gasteiger partial charge in [-0.05, 0) is 49.7 Å². The lowest BCUT2D eigenvalue weighted by Crippen LogP contribution is -2.14. The molecule has 0 spiro atoms. The zero-order valence-corrected chi connectivity index (χ0v) is 15.5. The van der Waals surface area contributed by atoms with Crippen molar-refractivity contribution in [1.82, 2.24) is 0 Å². The maximum Gasteiger partial charge on any atom is 0.234 e. The van der Waals surface area contributed by atoms with Crippen LogP contribution in [-0.4, -0.2) is 25.4 Å². The number of methoxy groups -OCH3 is 1. The number of thioether (sulfide) groups is 1. The number of amides is 1. The molecule has 0 bridgehead atoms. The summed E-state index contributed by atoms with van der Waals surface area (Å²) in [5.41, 5.74) is 1.50. The lowest BCUT2D eigenvalue weighted by molar-refractivity contribution is -0.113. The number of hydrogen-bond acceptors (Lipinski definition) is 4. The molecule has 0 aliphatic rings. The molecule has 1 N–H and O–H groups in total. The Hall–Kier alpha value is -1.85. The van der Waals surface area contributed by atoms with Crippen molar-refractivity contribution in [2.24, 2.45) is 0 Å². The van der Waals surface area contributed by atoms with Crippen LogP contribution in [0, 0.1) is 6.92 Å². The maximum absolute atomic E-state index is 12.2. The molecular weight excluding hydrogens is 346 g/mol. The third-order valence-electron chi connectivity index (χ3n) is 3.26. The van der Waals surface area contributed by atoms with Crippen LogP contribution in [-0.2, 0) is 4.79 Å². The van der Waals surface area contributed by atoms with Gasteiger partial charge in [0.15, 0.2) is 0 Å². The number of ether oxygens (including phenoxy) is 2. The van der Waals surface area contributed by atoms with Crippen LogP contribution in [0.3, 0.4) is 0 Å². The summed E-state index contributed by atoms with van der Waals surface area (Å²) in [7, 11) is 1.55.